The third-order valence-electron chi connectivity index (χ3n) is 2.50. The Bertz CT molecular complexity index is 316. The monoisotopic (exact) mass is 194 g/mol. The van der Waals surface area contributed by atoms with Crippen LogP contribution >= 0.6 is 0 Å². The Hall–Kier alpha value is -1.23. The second-order valence-corrected chi connectivity index (χ2v) is 3.65. The van der Waals surface area contributed by atoms with Gasteiger partial charge in [-0.2, -0.15) is 0 Å². The Morgan fingerprint density at radius 2 is 2.43 bits per heavy atom. The number of carbonyl (C=O) groups excluding carboxylic acids is 1. The SMILES string of the molecule is CCCN1CC(n2cc(C=O)nn2)C1. The van der Waals surface area contributed by atoms with Crippen LogP contribution in [0.2, 0.25) is 0 Å². The molecule has 2 heterocycles. The molecule has 2 rings (SSSR count). The maximum absolute atomic E-state index is 10.4. The zero-order chi connectivity index (χ0) is 9.97. The van der Waals surface area contributed by atoms with E-state index < -0.39 is 0 Å². The summed E-state index contributed by atoms with van der Waals surface area (Å²) in [5, 5.41) is 7.65. The minimum Gasteiger partial charge on any atom is -0.299 e. The van der Waals surface area contributed by atoms with E-state index in [0.29, 0.717) is 11.7 Å². The van der Waals surface area contributed by atoms with Gasteiger partial charge in [0.25, 0.3) is 0 Å². The van der Waals surface area contributed by atoms with Gasteiger partial charge in [-0.3, -0.25) is 9.69 Å². The number of hydrogen-bond donors (Lipinski definition) is 0. The molecule has 0 spiro atoms. The highest BCUT2D eigenvalue weighted by Gasteiger charge is 2.28. The number of aldehydes is 1. The Morgan fingerprint density at radius 3 is 3.00 bits per heavy atom. The minimum absolute atomic E-state index is 0.405. The number of nitrogens with zero attached hydrogens (tertiary/aromatic N) is 4. The zero-order valence-corrected chi connectivity index (χ0v) is 8.26. The van der Waals surface area contributed by atoms with Crippen molar-refractivity contribution >= 4 is 6.29 Å². The molecule has 1 aliphatic heterocycles. The molecule has 0 amide bonds. The molecule has 0 N–H and O–H groups in total. The molecule has 0 atom stereocenters. The van der Waals surface area contributed by atoms with E-state index in [1.54, 1.807) is 10.9 Å². The van der Waals surface area contributed by atoms with Crippen molar-refractivity contribution in [1.82, 2.24) is 19.9 Å². The van der Waals surface area contributed by atoms with Crippen LogP contribution in [0, 0.1) is 0 Å². The molecule has 1 aromatic rings. The van der Waals surface area contributed by atoms with Crippen LogP contribution in [0.25, 0.3) is 0 Å². The van der Waals surface area contributed by atoms with Gasteiger partial charge < -0.3 is 0 Å². The first kappa shape index (κ1) is 9.33. The normalized spacial score (nSPS) is 18.1. The smallest absolute Gasteiger partial charge is 0.171 e. The summed E-state index contributed by atoms with van der Waals surface area (Å²) in [6.45, 7) is 5.37. The molecule has 0 unspecified atom stereocenters. The Labute approximate surface area is 82.7 Å². The number of carbonyl (C=O) groups is 1. The van der Waals surface area contributed by atoms with E-state index >= 15 is 0 Å². The van der Waals surface area contributed by atoms with Crippen LogP contribution in [0.4, 0.5) is 0 Å². The quantitative estimate of drug-likeness (QED) is 0.649. The molecule has 1 aromatic heterocycles. The molecule has 14 heavy (non-hydrogen) atoms. The summed E-state index contributed by atoms with van der Waals surface area (Å²) >= 11 is 0. The van der Waals surface area contributed by atoms with Gasteiger partial charge in [-0.05, 0) is 13.0 Å². The molecule has 0 bridgehead atoms. The van der Waals surface area contributed by atoms with Crippen LogP contribution < -0.4 is 0 Å². The first-order chi connectivity index (χ1) is 6.83. The van der Waals surface area contributed by atoms with Gasteiger partial charge >= 0.3 is 0 Å². The van der Waals surface area contributed by atoms with Crippen molar-refractivity contribution in [2.24, 2.45) is 0 Å². The molecule has 76 valence electrons. The first-order valence-electron chi connectivity index (χ1n) is 4.93. The lowest BCUT2D eigenvalue weighted by Crippen LogP contribution is -2.47. The van der Waals surface area contributed by atoms with Crippen molar-refractivity contribution < 1.29 is 4.79 Å². The molecular weight excluding hydrogens is 180 g/mol. The van der Waals surface area contributed by atoms with Gasteiger partial charge in [-0.25, -0.2) is 4.68 Å². The third-order valence-corrected chi connectivity index (χ3v) is 2.50. The fourth-order valence-corrected chi connectivity index (χ4v) is 1.73. The van der Waals surface area contributed by atoms with Crippen LogP contribution in [-0.2, 0) is 0 Å². The molecule has 1 aliphatic rings. The largest absolute Gasteiger partial charge is 0.299 e. The maximum atomic E-state index is 10.4. The standard InChI is InChI=1S/C9H14N4O/c1-2-3-12-5-9(6-12)13-4-8(7-14)10-11-13/h4,7,9H,2-3,5-6H2,1H3. The summed E-state index contributed by atoms with van der Waals surface area (Å²) in [4.78, 5) is 12.8. The van der Waals surface area contributed by atoms with Crippen molar-refractivity contribution in [3.05, 3.63) is 11.9 Å². The Balaban J connectivity index is 1.89. The predicted octanol–water partition coefficient (Wildman–Crippen LogP) is 0.357. The van der Waals surface area contributed by atoms with Crippen molar-refractivity contribution in [2.45, 2.75) is 19.4 Å². The molecular formula is C9H14N4O. The highest BCUT2D eigenvalue weighted by atomic mass is 16.1. The minimum atomic E-state index is 0.405. The van der Waals surface area contributed by atoms with Gasteiger partial charge in [0, 0.05) is 13.1 Å². The lowest BCUT2D eigenvalue weighted by atomic mass is 10.1. The summed E-state index contributed by atoms with van der Waals surface area (Å²) in [5.74, 6) is 0. The first-order valence-corrected chi connectivity index (χ1v) is 4.93. The molecule has 5 nitrogen and oxygen atoms in total. The average molecular weight is 194 g/mol. The van der Waals surface area contributed by atoms with Crippen molar-refractivity contribution in [1.29, 1.82) is 0 Å². The van der Waals surface area contributed by atoms with Crippen molar-refractivity contribution in [2.75, 3.05) is 19.6 Å². The van der Waals surface area contributed by atoms with Crippen LogP contribution in [-0.4, -0.2) is 45.8 Å². The van der Waals surface area contributed by atoms with Crippen molar-refractivity contribution in [3.8, 4) is 0 Å². The van der Waals surface area contributed by atoms with Crippen molar-refractivity contribution in [3.63, 3.8) is 0 Å². The molecule has 0 saturated carbocycles. The maximum Gasteiger partial charge on any atom is 0.171 e. The van der Waals surface area contributed by atoms with Gasteiger partial charge in [-0.15, -0.1) is 5.10 Å². The van der Waals surface area contributed by atoms with E-state index in [2.05, 4.69) is 22.1 Å². The van der Waals surface area contributed by atoms with Gasteiger partial charge in [0.1, 0.15) is 5.69 Å². The topological polar surface area (TPSA) is 51.0 Å². The highest BCUT2D eigenvalue weighted by Crippen LogP contribution is 2.19. The van der Waals surface area contributed by atoms with E-state index in [1.165, 1.54) is 6.42 Å². The number of aromatic nitrogens is 3. The average Bonchev–Trinajstić information content (AvgIpc) is 2.58. The summed E-state index contributed by atoms with van der Waals surface area (Å²) in [7, 11) is 0. The van der Waals surface area contributed by atoms with Gasteiger partial charge in [0.2, 0.25) is 0 Å². The summed E-state index contributed by atoms with van der Waals surface area (Å²) in [5.41, 5.74) is 0.416. The van der Waals surface area contributed by atoms with E-state index in [1.807, 2.05) is 0 Å². The summed E-state index contributed by atoms with van der Waals surface area (Å²) < 4.78 is 1.79. The third kappa shape index (κ3) is 1.68. The highest BCUT2D eigenvalue weighted by molar-refractivity contribution is 5.70. The second kappa shape index (κ2) is 3.88. The van der Waals surface area contributed by atoms with E-state index in [-0.39, 0.29) is 0 Å². The predicted molar refractivity (Wildman–Crippen MR) is 51.2 cm³/mol. The number of likely N-dealkylation sites (tertiary alicyclic amines) is 1. The lowest BCUT2D eigenvalue weighted by Gasteiger charge is -2.38. The fourth-order valence-electron chi connectivity index (χ4n) is 1.73. The van der Waals surface area contributed by atoms with Gasteiger partial charge in [0.05, 0.1) is 12.2 Å². The zero-order valence-electron chi connectivity index (χ0n) is 8.26. The molecule has 5 heteroatoms. The fraction of sp³-hybridized carbons (Fsp3) is 0.667. The second-order valence-electron chi connectivity index (χ2n) is 3.65. The van der Waals surface area contributed by atoms with Gasteiger partial charge in [0.15, 0.2) is 6.29 Å². The molecule has 1 fully saturated rings. The van der Waals surface area contributed by atoms with Crippen LogP contribution in [0.15, 0.2) is 6.20 Å². The summed E-state index contributed by atoms with van der Waals surface area (Å²) in [6, 6.07) is 0.405. The lowest BCUT2D eigenvalue weighted by molar-refractivity contribution is 0.0975. The van der Waals surface area contributed by atoms with Gasteiger partial charge in [-0.1, -0.05) is 12.1 Å². The Morgan fingerprint density at radius 1 is 1.64 bits per heavy atom. The molecule has 0 radical (unpaired) electrons. The van der Waals surface area contributed by atoms with Crippen LogP contribution in [0.3, 0.4) is 0 Å². The van der Waals surface area contributed by atoms with E-state index in [4.69, 9.17) is 0 Å². The molecule has 0 aromatic carbocycles. The van der Waals surface area contributed by atoms with Crippen LogP contribution in [0.1, 0.15) is 29.9 Å². The van der Waals surface area contributed by atoms with E-state index in [0.717, 1.165) is 25.9 Å². The summed E-state index contributed by atoms with van der Waals surface area (Å²) in [6.07, 6.45) is 3.62. The van der Waals surface area contributed by atoms with E-state index in [9.17, 15) is 4.79 Å². The van der Waals surface area contributed by atoms with Crippen LogP contribution in [0.5, 0.6) is 0 Å². The molecule has 1 saturated heterocycles. The Kier molecular flexibility index (Phi) is 2.58. The number of rotatable bonds is 4. The number of hydrogen-bond acceptors (Lipinski definition) is 4. The molecule has 0 aliphatic carbocycles.